The SMILES string of the molecule is CCCc1nc2ccnn2c(NCCN2CCOCC2)c1Cc1ccc(-c2ccccc2C2=NNNN2)cc1. The molecule has 0 atom stereocenters. The van der Waals surface area contributed by atoms with Crippen molar-refractivity contribution in [3.05, 3.63) is 83.2 Å². The highest BCUT2D eigenvalue weighted by atomic mass is 16.5. The first-order chi connectivity index (χ1) is 19.3. The van der Waals surface area contributed by atoms with Gasteiger partial charge in [0.2, 0.25) is 0 Å². The molecule has 0 bridgehead atoms. The van der Waals surface area contributed by atoms with Crippen LogP contribution in [0.2, 0.25) is 0 Å². The lowest BCUT2D eigenvalue weighted by Gasteiger charge is -2.27. The smallest absolute Gasteiger partial charge is 0.171 e. The summed E-state index contributed by atoms with van der Waals surface area (Å²) in [6, 6.07) is 19.1. The highest BCUT2D eigenvalue weighted by Gasteiger charge is 2.18. The number of hydrogen-bond donors (Lipinski definition) is 4. The number of fused-ring (bicyclic) bond motifs is 1. The van der Waals surface area contributed by atoms with Crippen LogP contribution in [0.15, 0.2) is 65.9 Å². The molecule has 0 spiro atoms. The predicted octanol–water partition coefficient (Wildman–Crippen LogP) is 2.96. The number of rotatable bonds is 10. The van der Waals surface area contributed by atoms with E-state index in [1.54, 1.807) is 0 Å². The standard InChI is InChI=1S/C29H35N9O/c1-2-5-26-25(29(38-27(32-26)12-13-31-38)30-14-15-37-16-18-39-19-17-37)20-21-8-10-22(11-9-21)23-6-3-4-7-24(23)28-33-35-36-34-28/h3-4,6-13,30,35-36H,2,5,14-20H2,1H3,(H,33,34). The Bertz CT molecular complexity index is 1440. The first-order valence-corrected chi connectivity index (χ1v) is 13.7. The van der Waals surface area contributed by atoms with E-state index in [0.29, 0.717) is 0 Å². The topological polar surface area (TPSA) is 103 Å². The maximum Gasteiger partial charge on any atom is 0.171 e. The van der Waals surface area contributed by atoms with Crippen LogP contribution in [0.3, 0.4) is 0 Å². The molecule has 39 heavy (non-hydrogen) atoms. The van der Waals surface area contributed by atoms with Gasteiger partial charge in [0.05, 0.1) is 25.1 Å². The monoisotopic (exact) mass is 525 g/mol. The summed E-state index contributed by atoms with van der Waals surface area (Å²) in [5.41, 5.74) is 16.4. The molecule has 4 heterocycles. The van der Waals surface area contributed by atoms with Crippen molar-refractivity contribution in [2.24, 2.45) is 5.10 Å². The van der Waals surface area contributed by atoms with Gasteiger partial charge in [-0.15, -0.1) is 10.6 Å². The van der Waals surface area contributed by atoms with Crippen molar-refractivity contribution >= 4 is 17.3 Å². The van der Waals surface area contributed by atoms with Gasteiger partial charge in [0.15, 0.2) is 11.5 Å². The van der Waals surface area contributed by atoms with Crippen LogP contribution in [0.1, 0.15) is 35.7 Å². The van der Waals surface area contributed by atoms with Crippen molar-refractivity contribution in [1.82, 2.24) is 36.0 Å². The summed E-state index contributed by atoms with van der Waals surface area (Å²) < 4.78 is 7.46. The van der Waals surface area contributed by atoms with Crippen LogP contribution in [0.4, 0.5) is 5.82 Å². The lowest BCUT2D eigenvalue weighted by atomic mass is 9.96. The van der Waals surface area contributed by atoms with E-state index in [2.05, 4.69) is 86.3 Å². The maximum absolute atomic E-state index is 5.51. The Balaban J connectivity index is 1.28. The summed E-state index contributed by atoms with van der Waals surface area (Å²) >= 11 is 0. The number of nitrogens with one attached hydrogen (secondary N) is 4. The Hall–Kier alpha value is -3.99. The van der Waals surface area contributed by atoms with Crippen LogP contribution in [-0.4, -0.2) is 64.7 Å². The van der Waals surface area contributed by atoms with Gasteiger partial charge in [0.1, 0.15) is 5.82 Å². The van der Waals surface area contributed by atoms with E-state index in [-0.39, 0.29) is 0 Å². The minimum absolute atomic E-state index is 0.769. The number of nitrogens with zero attached hydrogens (tertiary/aromatic N) is 5. The molecule has 2 aliphatic rings. The van der Waals surface area contributed by atoms with Crippen molar-refractivity contribution in [2.45, 2.75) is 26.2 Å². The Morgan fingerprint density at radius 2 is 1.82 bits per heavy atom. The molecule has 202 valence electrons. The number of amidine groups is 1. The van der Waals surface area contributed by atoms with Crippen molar-refractivity contribution in [3.63, 3.8) is 0 Å². The Morgan fingerprint density at radius 3 is 2.59 bits per heavy atom. The molecule has 0 saturated carbocycles. The second-order valence-electron chi connectivity index (χ2n) is 9.86. The number of aryl methyl sites for hydroxylation is 1. The molecule has 10 heteroatoms. The van der Waals surface area contributed by atoms with Crippen molar-refractivity contribution in [3.8, 4) is 11.1 Å². The van der Waals surface area contributed by atoms with Gasteiger partial charge in [0, 0.05) is 49.8 Å². The lowest BCUT2D eigenvalue weighted by Crippen LogP contribution is -2.39. The molecule has 1 fully saturated rings. The summed E-state index contributed by atoms with van der Waals surface area (Å²) in [7, 11) is 0. The van der Waals surface area contributed by atoms with Crippen LogP contribution in [0.25, 0.3) is 16.8 Å². The van der Waals surface area contributed by atoms with E-state index in [1.165, 1.54) is 11.1 Å². The Labute approximate surface area is 228 Å². The molecule has 0 amide bonds. The fourth-order valence-corrected chi connectivity index (χ4v) is 5.27. The summed E-state index contributed by atoms with van der Waals surface area (Å²) in [6.45, 7) is 7.60. The van der Waals surface area contributed by atoms with Gasteiger partial charge in [-0.3, -0.25) is 10.3 Å². The van der Waals surface area contributed by atoms with Crippen LogP contribution in [-0.2, 0) is 17.6 Å². The molecule has 4 N–H and O–H groups in total. The van der Waals surface area contributed by atoms with Crippen molar-refractivity contribution in [2.75, 3.05) is 44.7 Å². The van der Waals surface area contributed by atoms with Crippen LogP contribution < -0.4 is 21.8 Å². The van der Waals surface area contributed by atoms with Crippen LogP contribution in [0.5, 0.6) is 0 Å². The molecule has 0 radical (unpaired) electrons. The fraction of sp³-hybridized carbons (Fsp3) is 0.345. The van der Waals surface area contributed by atoms with Gasteiger partial charge in [-0.05, 0) is 23.1 Å². The predicted molar refractivity (Wildman–Crippen MR) is 153 cm³/mol. The first kappa shape index (κ1) is 25.3. The van der Waals surface area contributed by atoms with E-state index < -0.39 is 0 Å². The van der Waals surface area contributed by atoms with Crippen molar-refractivity contribution in [1.29, 1.82) is 0 Å². The molecule has 1 saturated heterocycles. The maximum atomic E-state index is 5.51. The van der Waals surface area contributed by atoms with Crippen molar-refractivity contribution < 1.29 is 4.74 Å². The van der Waals surface area contributed by atoms with Gasteiger partial charge in [-0.1, -0.05) is 61.9 Å². The number of morpholine rings is 1. The van der Waals surface area contributed by atoms with Gasteiger partial charge < -0.3 is 10.1 Å². The Kier molecular flexibility index (Phi) is 7.66. The zero-order valence-electron chi connectivity index (χ0n) is 22.3. The van der Waals surface area contributed by atoms with Gasteiger partial charge in [-0.2, -0.15) is 9.61 Å². The second kappa shape index (κ2) is 11.8. The van der Waals surface area contributed by atoms with E-state index in [1.807, 2.05) is 22.8 Å². The van der Waals surface area contributed by atoms with E-state index in [0.717, 1.165) is 98.3 Å². The van der Waals surface area contributed by atoms with Crippen LogP contribution >= 0.6 is 0 Å². The number of aromatic nitrogens is 3. The molecule has 2 aromatic carbocycles. The molecule has 10 nitrogen and oxygen atoms in total. The molecule has 4 aromatic rings. The summed E-state index contributed by atoms with van der Waals surface area (Å²) in [5.74, 6) is 1.81. The number of benzene rings is 2. The average molecular weight is 526 g/mol. The molecule has 6 rings (SSSR count). The van der Waals surface area contributed by atoms with E-state index >= 15 is 0 Å². The first-order valence-electron chi connectivity index (χ1n) is 13.7. The van der Waals surface area contributed by atoms with E-state index in [9.17, 15) is 0 Å². The van der Waals surface area contributed by atoms with Gasteiger partial charge in [-0.25, -0.2) is 10.5 Å². The highest BCUT2D eigenvalue weighted by molar-refractivity contribution is 6.04. The van der Waals surface area contributed by atoms with E-state index in [4.69, 9.17) is 9.72 Å². The quantitative estimate of drug-likeness (QED) is 0.251. The minimum Gasteiger partial charge on any atom is -0.379 e. The summed E-state index contributed by atoms with van der Waals surface area (Å²) in [4.78, 5) is 7.45. The Morgan fingerprint density at radius 1 is 1.00 bits per heavy atom. The molecular weight excluding hydrogens is 490 g/mol. The largest absolute Gasteiger partial charge is 0.379 e. The number of anilines is 1. The summed E-state index contributed by atoms with van der Waals surface area (Å²) in [6.07, 6.45) is 4.57. The minimum atomic E-state index is 0.769. The molecule has 2 aliphatic heterocycles. The number of ether oxygens (including phenoxy) is 1. The third-order valence-electron chi connectivity index (χ3n) is 7.26. The third-order valence-corrected chi connectivity index (χ3v) is 7.26. The van der Waals surface area contributed by atoms with Crippen LogP contribution in [0, 0.1) is 0 Å². The zero-order valence-corrected chi connectivity index (χ0v) is 22.3. The number of hydrazine groups is 2. The molecule has 2 aromatic heterocycles. The fourth-order valence-electron chi connectivity index (χ4n) is 5.27. The molecule has 0 aliphatic carbocycles. The normalized spacial score (nSPS) is 15.7. The third kappa shape index (κ3) is 5.58. The average Bonchev–Trinajstić information content (AvgIpc) is 3.68. The number of hydrazone groups is 1. The second-order valence-corrected chi connectivity index (χ2v) is 9.86. The zero-order chi connectivity index (χ0) is 26.4. The van der Waals surface area contributed by atoms with Gasteiger partial charge in [0.25, 0.3) is 0 Å². The number of hydrogen-bond acceptors (Lipinski definition) is 9. The molecular formula is C29H35N9O. The van der Waals surface area contributed by atoms with Gasteiger partial charge >= 0.3 is 0 Å². The molecule has 0 unspecified atom stereocenters. The highest BCUT2D eigenvalue weighted by Crippen LogP contribution is 2.28. The summed E-state index contributed by atoms with van der Waals surface area (Å²) in [5, 5.41) is 12.6. The lowest BCUT2D eigenvalue weighted by molar-refractivity contribution is 0.0398.